The van der Waals surface area contributed by atoms with Gasteiger partial charge in [-0.15, -0.1) is 0 Å². The first-order valence-corrected chi connectivity index (χ1v) is 7.67. The molecule has 0 aliphatic carbocycles. The van der Waals surface area contributed by atoms with Gasteiger partial charge in [0.15, 0.2) is 0 Å². The van der Waals surface area contributed by atoms with Crippen molar-refractivity contribution < 1.29 is 9.90 Å². The Morgan fingerprint density at radius 2 is 1.83 bits per heavy atom. The van der Waals surface area contributed by atoms with Crippen molar-refractivity contribution in [2.24, 2.45) is 5.92 Å². The molecule has 1 fully saturated rings. The van der Waals surface area contributed by atoms with Crippen LogP contribution in [0, 0.1) is 17.2 Å². The van der Waals surface area contributed by atoms with Gasteiger partial charge in [-0.1, -0.05) is 48.5 Å². The van der Waals surface area contributed by atoms with Gasteiger partial charge >= 0.3 is 5.97 Å². The van der Waals surface area contributed by atoms with Crippen LogP contribution in [0.1, 0.15) is 22.6 Å². The Hall–Kier alpha value is -2.64. The van der Waals surface area contributed by atoms with Gasteiger partial charge in [-0.05, 0) is 17.2 Å². The summed E-state index contributed by atoms with van der Waals surface area (Å²) in [4.78, 5) is 13.8. The molecule has 0 bridgehead atoms. The van der Waals surface area contributed by atoms with Gasteiger partial charge in [-0.3, -0.25) is 9.69 Å². The molecule has 0 saturated carbocycles. The van der Waals surface area contributed by atoms with E-state index in [0.29, 0.717) is 18.7 Å². The minimum Gasteiger partial charge on any atom is -0.481 e. The fraction of sp³-hybridized carbons (Fsp3) is 0.263. The van der Waals surface area contributed by atoms with Crippen molar-refractivity contribution in [2.75, 3.05) is 13.1 Å². The van der Waals surface area contributed by atoms with Gasteiger partial charge in [0, 0.05) is 25.6 Å². The predicted molar refractivity (Wildman–Crippen MR) is 86.7 cm³/mol. The highest BCUT2D eigenvalue weighted by molar-refractivity contribution is 5.72. The van der Waals surface area contributed by atoms with Crippen LogP contribution in [0.4, 0.5) is 0 Å². The number of aliphatic carboxylic acids is 1. The number of carboxylic acid groups (broad SMARTS) is 1. The van der Waals surface area contributed by atoms with E-state index in [4.69, 9.17) is 0 Å². The molecule has 1 saturated heterocycles. The number of nitriles is 1. The number of rotatable bonds is 4. The molecule has 2 atom stereocenters. The third-order valence-electron chi connectivity index (χ3n) is 4.44. The zero-order valence-electron chi connectivity index (χ0n) is 12.7. The highest BCUT2D eigenvalue weighted by Crippen LogP contribution is 2.35. The summed E-state index contributed by atoms with van der Waals surface area (Å²) in [5.41, 5.74) is 2.59. The maximum atomic E-state index is 11.7. The molecule has 4 nitrogen and oxygen atoms in total. The molecule has 0 unspecified atom stereocenters. The van der Waals surface area contributed by atoms with Crippen molar-refractivity contribution in [3.63, 3.8) is 0 Å². The molecular formula is C19H18N2O2. The van der Waals surface area contributed by atoms with Crippen LogP contribution in [0.3, 0.4) is 0 Å². The van der Waals surface area contributed by atoms with Gasteiger partial charge in [0.05, 0.1) is 17.6 Å². The first-order valence-electron chi connectivity index (χ1n) is 7.67. The van der Waals surface area contributed by atoms with Crippen molar-refractivity contribution in [2.45, 2.75) is 12.5 Å². The van der Waals surface area contributed by atoms with Crippen LogP contribution in [-0.4, -0.2) is 29.1 Å². The van der Waals surface area contributed by atoms with E-state index in [1.807, 2.05) is 48.5 Å². The normalized spacial score (nSPS) is 21.0. The molecule has 0 aromatic heterocycles. The molecule has 4 heteroatoms. The highest BCUT2D eigenvalue weighted by atomic mass is 16.4. The standard InChI is InChI=1S/C19H18N2O2/c20-10-15-8-4-5-9-16(15)17-12-21(13-18(17)19(22)23)11-14-6-2-1-3-7-14/h1-9,17-18H,11-13H2,(H,22,23)/t17-,18+/m1/s1. The third kappa shape index (κ3) is 3.25. The summed E-state index contributed by atoms with van der Waals surface area (Å²) in [7, 11) is 0. The van der Waals surface area contributed by atoms with Crippen LogP contribution in [0.2, 0.25) is 0 Å². The van der Waals surface area contributed by atoms with E-state index in [0.717, 1.165) is 12.1 Å². The van der Waals surface area contributed by atoms with E-state index >= 15 is 0 Å². The van der Waals surface area contributed by atoms with Crippen molar-refractivity contribution in [1.82, 2.24) is 4.90 Å². The largest absolute Gasteiger partial charge is 0.481 e. The fourth-order valence-electron chi connectivity index (χ4n) is 3.34. The van der Waals surface area contributed by atoms with Gasteiger partial charge in [0.2, 0.25) is 0 Å². The van der Waals surface area contributed by atoms with E-state index in [1.54, 1.807) is 6.07 Å². The molecule has 1 aliphatic heterocycles. The highest BCUT2D eigenvalue weighted by Gasteiger charge is 2.39. The lowest BCUT2D eigenvalue weighted by molar-refractivity contribution is -0.141. The predicted octanol–water partition coefficient (Wildman–Crippen LogP) is 2.86. The Morgan fingerprint density at radius 1 is 1.13 bits per heavy atom. The lowest BCUT2D eigenvalue weighted by Crippen LogP contribution is -2.23. The fourth-order valence-corrected chi connectivity index (χ4v) is 3.34. The molecule has 0 radical (unpaired) electrons. The van der Waals surface area contributed by atoms with Crippen LogP contribution in [0.25, 0.3) is 0 Å². The zero-order chi connectivity index (χ0) is 16.2. The van der Waals surface area contributed by atoms with Crippen LogP contribution in [0.5, 0.6) is 0 Å². The van der Waals surface area contributed by atoms with E-state index in [-0.39, 0.29) is 5.92 Å². The molecule has 2 aromatic carbocycles. The van der Waals surface area contributed by atoms with Crippen molar-refractivity contribution in [3.05, 3.63) is 71.3 Å². The quantitative estimate of drug-likeness (QED) is 0.943. The molecule has 0 spiro atoms. The number of nitrogens with zero attached hydrogens (tertiary/aromatic N) is 2. The number of hydrogen-bond donors (Lipinski definition) is 1. The summed E-state index contributed by atoms with van der Waals surface area (Å²) in [6, 6.07) is 19.6. The molecule has 3 rings (SSSR count). The zero-order valence-corrected chi connectivity index (χ0v) is 12.7. The van der Waals surface area contributed by atoms with Gasteiger partial charge in [-0.25, -0.2) is 0 Å². The Morgan fingerprint density at radius 3 is 2.52 bits per heavy atom. The molecule has 1 N–H and O–H groups in total. The number of benzene rings is 2. The number of carbonyl (C=O) groups is 1. The summed E-state index contributed by atoms with van der Waals surface area (Å²) < 4.78 is 0. The Labute approximate surface area is 135 Å². The summed E-state index contributed by atoms with van der Waals surface area (Å²) in [5, 5.41) is 18.9. The monoisotopic (exact) mass is 306 g/mol. The minimum absolute atomic E-state index is 0.146. The molecule has 116 valence electrons. The second kappa shape index (κ2) is 6.64. The lowest BCUT2D eigenvalue weighted by Gasteiger charge is -2.17. The molecule has 0 amide bonds. The Bertz CT molecular complexity index is 737. The van der Waals surface area contributed by atoms with E-state index in [2.05, 4.69) is 11.0 Å². The Balaban J connectivity index is 1.85. The lowest BCUT2D eigenvalue weighted by atomic mass is 9.86. The van der Waals surface area contributed by atoms with Crippen molar-refractivity contribution in [3.8, 4) is 6.07 Å². The number of carboxylic acids is 1. The summed E-state index contributed by atoms with van der Waals surface area (Å²) in [6.07, 6.45) is 0. The first kappa shape index (κ1) is 15.3. The Kier molecular flexibility index (Phi) is 4.40. The van der Waals surface area contributed by atoms with Crippen molar-refractivity contribution >= 4 is 5.97 Å². The smallest absolute Gasteiger partial charge is 0.308 e. The van der Waals surface area contributed by atoms with Gasteiger partial charge in [-0.2, -0.15) is 5.26 Å². The SMILES string of the molecule is N#Cc1ccccc1[C@H]1CN(Cc2ccccc2)C[C@@H]1C(=O)O. The molecule has 1 aliphatic rings. The van der Waals surface area contributed by atoms with Gasteiger partial charge in [0.25, 0.3) is 0 Å². The first-order chi connectivity index (χ1) is 11.2. The van der Waals surface area contributed by atoms with Gasteiger partial charge in [0.1, 0.15) is 0 Å². The number of hydrogen-bond acceptors (Lipinski definition) is 3. The topological polar surface area (TPSA) is 64.3 Å². The molecule has 23 heavy (non-hydrogen) atoms. The molecular weight excluding hydrogens is 288 g/mol. The number of likely N-dealkylation sites (tertiary alicyclic amines) is 1. The minimum atomic E-state index is -0.793. The van der Waals surface area contributed by atoms with Crippen LogP contribution in [-0.2, 0) is 11.3 Å². The average Bonchev–Trinajstić information content (AvgIpc) is 2.99. The second-order valence-corrected chi connectivity index (χ2v) is 5.93. The summed E-state index contributed by atoms with van der Waals surface area (Å²) in [5.74, 6) is -1.42. The molecule has 1 heterocycles. The van der Waals surface area contributed by atoms with Crippen LogP contribution in [0.15, 0.2) is 54.6 Å². The third-order valence-corrected chi connectivity index (χ3v) is 4.44. The maximum Gasteiger partial charge on any atom is 0.308 e. The molecule has 2 aromatic rings. The van der Waals surface area contributed by atoms with Gasteiger partial charge < -0.3 is 5.11 Å². The van der Waals surface area contributed by atoms with E-state index in [9.17, 15) is 15.2 Å². The van der Waals surface area contributed by atoms with E-state index < -0.39 is 11.9 Å². The second-order valence-electron chi connectivity index (χ2n) is 5.93. The summed E-state index contributed by atoms with van der Waals surface area (Å²) in [6.45, 7) is 1.90. The van der Waals surface area contributed by atoms with E-state index in [1.165, 1.54) is 5.56 Å². The van der Waals surface area contributed by atoms with Crippen LogP contribution >= 0.6 is 0 Å². The maximum absolute atomic E-state index is 11.7. The average molecular weight is 306 g/mol. The van der Waals surface area contributed by atoms with Crippen LogP contribution < -0.4 is 0 Å². The summed E-state index contributed by atoms with van der Waals surface area (Å²) >= 11 is 0. The van der Waals surface area contributed by atoms with Crippen molar-refractivity contribution in [1.29, 1.82) is 5.26 Å².